The first-order valence-electron chi connectivity index (χ1n) is 13.0. The molecule has 0 aliphatic carbocycles. The van der Waals surface area contributed by atoms with Gasteiger partial charge in [-0.15, -0.1) is 0 Å². The summed E-state index contributed by atoms with van der Waals surface area (Å²) in [4.78, 5) is 10.1. The van der Waals surface area contributed by atoms with E-state index in [1.807, 2.05) is 0 Å². The van der Waals surface area contributed by atoms with E-state index in [2.05, 4.69) is 0 Å². The van der Waals surface area contributed by atoms with E-state index in [1.165, 1.54) is 25.3 Å². The number of sulfonamides is 1. The zero-order valence-corrected chi connectivity index (χ0v) is 23.9. The highest BCUT2D eigenvalue weighted by Gasteiger charge is 2.36. The Labute approximate surface area is 244 Å². The molecule has 1 saturated heterocycles. The molecule has 1 fully saturated rings. The number of hydrogen-bond acceptors (Lipinski definition) is 6. The molecule has 0 amide bonds. The first kappa shape index (κ1) is 32.0. The molecule has 0 radical (unpaired) electrons. The minimum Gasteiger partial charge on any atom is -0.494 e. The highest BCUT2D eigenvalue weighted by Crippen LogP contribution is 2.41. The van der Waals surface area contributed by atoms with Crippen molar-refractivity contribution in [1.82, 2.24) is 0 Å². The molecule has 3 aromatic carbocycles. The molecular weight excluding hydrogens is 601 g/mol. The first-order chi connectivity index (χ1) is 20.2. The molecule has 0 unspecified atom stereocenters. The predicted octanol–water partition coefficient (Wildman–Crippen LogP) is 6.13. The van der Waals surface area contributed by atoms with Crippen molar-refractivity contribution in [2.45, 2.75) is 30.8 Å². The third-order valence-electron chi connectivity index (χ3n) is 7.18. The summed E-state index contributed by atoms with van der Waals surface area (Å²) in [6.45, 7) is 2.71. The summed E-state index contributed by atoms with van der Waals surface area (Å²) >= 11 is 0. The fourth-order valence-corrected chi connectivity index (χ4v) is 6.03. The van der Waals surface area contributed by atoms with Crippen molar-refractivity contribution in [3.8, 4) is 22.6 Å². The normalized spacial score (nSPS) is 16.3. The smallest absolute Gasteiger partial charge is 0.416 e. The number of carbonyl (C=O) groups is 1. The highest BCUT2D eigenvalue weighted by molar-refractivity contribution is 7.92. The molecule has 1 N–H and O–H groups in total. The second-order valence-electron chi connectivity index (χ2n) is 10.1. The maximum absolute atomic E-state index is 14.8. The molecule has 2 heterocycles. The van der Waals surface area contributed by atoms with Crippen molar-refractivity contribution in [3.05, 3.63) is 71.8 Å². The molecular formula is C29H28F5NO7S. The molecule has 2 aliphatic heterocycles. The van der Waals surface area contributed by atoms with Crippen LogP contribution in [0, 0.1) is 17.0 Å². The average Bonchev–Trinajstić information content (AvgIpc) is 2.98. The number of benzene rings is 3. The fraction of sp³-hybridized carbons (Fsp3) is 0.345. The first-order valence-corrected chi connectivity index (χ1v) is 14.4. The summed E-state index contributed by atoms with van der Waals surface area (Å²) in [5.41, 5.74) is -1.72. The quantitative estimate of drug-likeness (QED) is 0.339. The summed E-state index contributed by atoms with van der Waals surface area (Å²) < 4.78 is 111. The van der Waals surface area contributed by atoms with Gasteiger partial charge in [0.1, 0.15) is 18.2 Å². The van der Waals surface area contributed by atoms with Crippen molar-refractivity contribution >= 4 is 21.7 Å². The van der Waals surface area contributed by atoms with Gasteiger partial charge in [0.15, 0.2) is 11.6 Å². The van der Waals surface area contributed by atoms with Crippen LogP contribution < -0.4 is 13.8 Å². The van der Waals surface area contributed by atoms with Crippen molar-refractivity contribution < 1.29 is 54.5 Å². The van der Waals surface area contributed by atoms with Crippen LogP contribution in [0.1, 0.15) is 25.3 Å². The number of carboxylic acids is 1. The van der Waals surface area contributed by atoms with Gasteiger partial charge in [-0.05, 0) is 61.7 Å². The standard InChI is InChI=1S/C22H16F5NO4S.C7H12O3/c1-31-20-12-15(23)11-17(21(20)24)13-5-6-19-18(9-13)28(7-8-32-19)33(29,30)16-4-2-3-14(10-16)22(25,26)27;1-7(6(8)9)2-4-10-5-3-7/h2-6,9-12H,7-8H2,1H3;2-5H2,1H3,(H,8,9). The topological polar surface area (TPSA) is 102 Å². The Morgan fingerprint density at radius 2 is 1.72 bits per heavy atom. The Morgan fingerprint density at radius 1 is 1.02 bits per heavy atom. The molecule has 0 saturated carbocycles. The van der Waals surface area contributed by atoms with Gasteiger partial charge < -0.3 is 19.3 Å². The lowest BCUT2D eigenvalue weighted by atomic mass is 9.83. The van der Waals surface area contributed by atoms with Crippen LogP contribution in [-0.2, 0) is 25.7 Å². The zero-order chi connectivity index (χ0) is 31.6. The molecule has 0 bridgehead atoms. The number of halogens is 5. The van der Waals surface area contributed by atoms with Crippen molar-refractivity contribution in [2.24, 2.45) is 5.41 Å². The fourth-order valence-electron chi connectivity index (χ4n) is 4.53. The van der Waals surface area contributed by atoms with Crippen molar-refractivity contribution in [2.75, 3.05) is 37.8 Å². The second-order valence-corrected chi connectivity index (χ2v) is 11.9. The van der Waals surface area contributed by atoms with E-state index in [0.29, 0.717) is 32.1 Å². The lowest BCUT2D eigenvalue weighted by molar-refractivity contribution is -0.153. The van der Waals surface area contributed by atoms with Crippen LogP contribution in [0.15, 0.2) is 59.5 Å². The van der Waals surface area contributed by atoms with Gasteiger partial charge in [-0.25, -0.2) is 17.2 Å². The summed E-state index contributed by atoms with van der Waals surface area (Å²) in [5.74, 6) is -2.54. The molecule has 5 rings (SSSR count). The molecule has 0 spiro atoms. The summed E-state index contributed by atoms with van der Waals surface area (Å²) in [6.07, 6.45) is -3.44. The molecule has 0 atom stereocenters. The van der Waals surface area contributed by atoms with Crippen molar-refractivity contribution in [3.63, 3.8) is 0 Å². The summed E-state index contributed by atoms with van der Waals surface area (Å²) in [7, 11) is -3.26. The van der Waals surface area contributed by atoms with Gasteiger partial charge in [0.2, 0.25) is 0 Å². The maximum atomic E-state index is 14.8. The van der Waals surface area contributed by atoms with Crippen LogP contribution in [-0.4, -0.2) is 53.0 Å². The number of methoxy groups -OCH3 is 1. The van der Waals surface area contributed by atoms with E-state index in [4.69, 9.17) is 19.3 Å². The van der Waals surface area contributed by atoms with Crippen LogP contribution in [0.4, 0.5) is 27.6 Å². The number of aliphatic carboxylic acids is 1. The number of carboxylic acid groups (broad SMARTS) is 1. The Hall–Kier alpha value is -3.91. The van der Waals surface area contributed by atoms with Gasteiger partial charge in [0.05, 0.1) is 35.2 Å². The van der Waals surface area contributed by atoms with Gasteiger partial charge in [0.25, 0.3) is 10.0 Å². The van der Waals surface area contributed by atoms with Crippen LogP contribution in [0.25, 0.3) is 11.1 Å². The molecule has 14 heteroatoms. The third kappa shape index (κ3) is 6.85. The Balaban J connectivity index is 0.000000359. The number of fused-ring (bicyclic) bond motifs is 1. The van der Waals surface area contributed by atoms with E-state index in [-0.39, 0.29) is 41.5 Å². The Kier molecular flexibility index (Phi) is 9.21. The zero-order valence-electron chi connectivity index (χ0n) is 23.1. The molecule has 2 aliphatic rings. The molecule has 0 aromatic heterocycles. The maximum Gasteiger partial charge on any atom is 0.416 e. The van der Waals surface area contributed by atoms with Crippen molar-refractivity contribution in [1.29, 1.82) is 0 Å². The van der Waals surface area contributed by atoms with Crippen LogP contribution in [0.2, 0.25) is 0 Å². The summed E-state index contributed by atoms with van der Waals surface area (Å²) in [6, 6.07) is 9.24. The molecule has 232 valence electrons. The monoisotopic (exact) mass is 629 g/mol. The highest BCUT2D eigenvalue weighted by atomic mass is 32.2. The lowest BCUT2D eigenvalue weighted by Crippen LogP contribution is -2.38. The predicted molar refractivity (Wildman–Crippen MR) is 146 cm³/mol. The number of alkyl halides is 3. The number of hydrogen-bond donors (Lipinski definition) is 1. The van der Waals surface area contributed by atoms with Crippen LogP contribution >= 0.6 is 0 Å². The van der Waals surface area contributed by atoms with E-state index >= 15 is 0 Å². The molecule has 43 heavy (non-hydrogen) atoms. The molecule has 3 aromatic rings. The van der Waals surface area contributed by atoms with E-state index in [0.717, 1.165) is 34.6 Å². The lowest BCUT2D eigenvalue weighted by Gasteiger charge is -2.31. The second kappa shape index (κ2) is 12.4. The average molecular weight is 630 g/mol. The molecule has 8 nitrogen and oxygen atoms in total. The van der Waals surface area contributed by atoms with Gasteiger partial charge in [-0.1, -0.05) is 12.1 Å². The Morgan fingerprint density at radius 3 is 2.33 bits per heavy atom. The number of nitrogens with zero attached hydrogens (tertiary/aromatic N) is 1. The van der Waals surface area contributed by atoms with Crippen LogP contribution in [0.5, 0.6) is 11.5 Å². The van der Waals surface area contributed by atoms with E-state index in [1.54, 1.807) is 6.92 Å². The number of rotatable bonds is 5. The largest absolute Gasteiger partial charge is 0.494 e. The number of anilines is 1. The van der Waals surface area contributed by atoms with Crippen LogP contribution in [0.3, 0.4) is 0 Å². The summed E-state index contributed by atoms with van der Waals surface area (Å²) in [5, 5.41) is 8.74. The minimum absolute atomic E-state index is 0.0150. The SMILES string of the molecule is CC1(C(=O)O)CCOCC1.COc1cc(F)cc(-c2ccc3c(c2)N(S(=O)(=O)c2cccc(C(F)(F)F)c2)CCO3)c1F. The minimum atomic E-state index is -4.73. The Bertz CT molecular complexity index is 1610. The van der Waals surface area contributed by atoms with Gasteiger partial charge in [-0.3, -0.25) is 9.10 Å². The van der Waals surface area contributed by atoms with Gasteiger partial charge in [0, 0.05) is 24.8 Å². The van der Waals surface area contributed by atoms with Gasteiger partial charge in [-0.2, -0.15) is 13.2 Å². The van der Waals surface area contributed by atoms with Gasteiger partial charge >= 0.3 is 12.1 Å². The van der Waals surface area contributed by atoms with E-state index < -0.39 is 49.7 Å². The third-order valence-corrected chi connectivity index (χ3v) is 8.99. The van der Waals surface area contributed by atoms with E-state index in [9.17, 15) is 35.2 Å². The number of ether oxygens (including phenoxy) is 3.